The third-order valence-electron chi connectivity index (χ3n) is 5.80. The van der Waals surface area contributed by atoms with Crippen LogP contribution in [0.2, 0.25) is 0 Å². The predicted molar refractivity (Wildman–Crippen MR) is 140 cm³/mol. The van der Waals surface area contributed by atoms with E-state index < -0.39 is 22.7 Å². The SMILES string of the molecule is CC(C)(C)OC(=O)c1nc(CCC2CCN(C(=O)OC(C)(C)C)CC2)[nH]c(=O)c1OCc1ccccc1. The maximum atomic E-state index is 12.9. The number of nitrogens with one attached hydrogen (secondary N) is 1. The van der Waals surface area contributed by atoms with Crippen LogP contribution in [0.3, 0.4) is 0 Å². The molecule has 3 rings (SSSR count). The summed E-state index contributed by atoms with van der Waals surface area (Å²) in [5.41, 5.74) is -1.04. The van der Waals surface area contributed by atoms with Crippen molar-refractivity contribution in [3.63, 3.8) is 0 Å². The number of hydrogen-bond acceptors (Lipinski definition) is 7. The van der Waals surface area contributed by atoms with Crippen LogP contribution >= 0.6 is 0 Å². The number of aryl methyl sites for hydroxylation is 1. The first-order valence-corrected chi connectivity index (χ1v) is 12.8. The second-order valence-electron chi connectivity index (χ2n) is 11.4. The van der Waals surface area contributed by atoms with Crippen molar-refractivity contribution in [1.29, 1.82) is 0 Å². The van der Waals surface area contributed by atoms with Crippen molar-refractivity contribution in [3.8, 4) is 5.75 Å². The van der Waals surface area contributed by atoms with E-state index in [2.05, 4.69) is 9.97 Å². The number of aromatic amines is 1. The molecule has 0 unspecified atom stereocenters. The van der Waals surface area contributed by atoms with Crippen LogP contribution in [0.5, 0.6) is 5.75 Å². The molecule has 1 amide bonds. The minimum atomic E-state index is -0.750. The van der Waals surface area contributed by atoms with E-state index in [9.17, 15) is 14.4 Å². The molecule has 1 aromatic carbocycles. The third-order valence-corrected chi connectivity index (χ3v) is 5.80. The summed E-state index contributed by atoms with van der Waals surface area (Å²) < 4.78 is 16.7. The zero-order valence-corrected chi connectivity index (χ0v) is 22.8. The highest BCUT2D eigenvalue weighted by atomic mass is 16.6. The summed E-state index contributed by atoms with van der Waals surface area (Å²) in [7, 11) is 0. The van der Waals surface area contributed by atoms with E-state index in [-0.39, 0.29) is 24.1 Å². The van der Waals surface area contributed by atoms with Crippen LogP contribution in [0.4, 0.5) is 4.79 Å². The van der Waals surface area contributed by atoms with E-state index in [4.69, 9.17) is 14.2 Å². The predicted octanol–water partition coefficient (Wildman–Crippen LogP) is 4.88. The summed E-state index contributed by atoms with van der Waals surface area (Å²) in [5, 5.41) is 0. The molecule has 0 radical (unpaired) electrons. The normalized spacial score (nSPS) is 14.8. The summed E-state index contributed by atoms with van der Waals surface area (Å²) in [6.07, 6.45) is 2.64. The van der Waals surface area contributed by atoms with Crippen LogP contribution in [0.15, 0.2) is 35.1 Å². The Morgan fingerprint density at radius 3 is 2.22 bits per heavy atom. The zero-order chi connectivity index (χ0) is 27.2. The fraction of sp³-hybridized carbons (Fsp3) is 0.571. The summed E-state index contributed by atoms with van der Waals surface area (Å²) in [6, 6.07) is 9.38. The molecule has 9 heteroatoms. The van der Waals surface area contributed by atoms with Gasteiger partial charge in [0, 0.05) is 19.5 Å². The first-order valence-electron chi connectivity index (χ1n) is 12.8. The van der Waals surface area contributed by atoms with E-state index in [0.717, 1.165) is 24.8 Å². The largest absolute Gasteiger partial charge is 0.481 e. The number of carbonyl (C=O) groups is 2. The van der Waals surface area contributed by atoms with Gasteiger partial charge < -0.3 is 24.1 Å². The molecule has 0 bridgehead atoms. The molecular weight excluding hydrogens is 474 g/mol. The van der Waals surface area contributed by atoms with Crippen LogP contribution in [0.1, 0.15) is 82.7 Å². The van der Waals surface area contributed by atoms with Gasteiger partial charge in [0.2, 0.25) is 5.75 Å². The summed E-state index contributed by atoms with van der Waals surface area (Å²) in [4.78, 5) is 47.2. The van der Waals surface area contributed by atoms with E-state index in [1.54, 1.807) is 25.7 Å². The van der Waals surface area contributed by atoms with Crippen molar-refractivity contribution in [2.75, 3.05) is 13.1 Å². The first kappa shape index (κ1) is 28.2. The lowest BCUT2D eigenvalue weighted by Crippen LogP contribution is -2.41. The number of aromatic nitrogens is 2. The number of amides is 1. The number of H-pyrrole nitrogens is 1. The minimum absolute atomic E-state index is 0.121. The molecule has 202 valence electrons. The van der Waals surface area contributed by atoms with Crippen molar-refractivity contribution < 1.29 is 23.8 Å². The zero-order valence-electron chi connectivity index (χ0n) is 22.8. The van der Waals surface area contributed by atoms with Gasteiger partial charge in [0.05, 0.1) is 0 Å². The van der Waals surface area contributed by atoms with Gasteiger partial charge in [-0.15, -0.1) is 0 Å². The van der Waals surface area contributed by atoms with Gasteiger partial charge in [-0.3, -0.25) is 4.79 Å². The molecule has 0 atom stereocenters. The Kier molecular flexibility index (Phi) is 8.99. The minimum Gasteiger partial charge on any atom is -0.481 e. The number of benzene rings is 1. The van der Waals surface area contributed by atoms with Crippen molar-refractivity contribution in [3.05, 3.63) is 57.8 Å². The van der Waals surface area contributed by atoms with Gasteiger partial charge >= 0.3 is 12.1 Å². The topological polar surface area (TPSA) is 111 Å². The van der Waals surface area contributed by atoms with Crippen molar-refractivity contribution in [1.82, 2.24) is 14.9 Å². The molecule has 1 fully saturated rings. The Morgan fingerprint density at radius 2 is 1.62 bits per heavy atom. The Bertz CT molecular complexity index is 1120. The second-order valence-corrected chi connectivity index (χ2v) is 11.4. The van der Waals surface area contributed by atoms with Gasteiger partial charge in [0.15, 0.2) is 5.69 Å². The monoisotopic (exact) mass is 513 g/mol. The van der Waals surface area contributed by atoms with E-state index in [1.165, 1.54) is 0 Å². The molecule has 0 aliphatic carbocycles. The Morgan fingerprint density at radius 1 is 1.00 bits per heavy atom. The van der Waals surface area contributed by atoms with Crippen LogP contribution in [0, 0.1) is 5.92 Å². The van der Waals surface area contributed by atoms with Gasteiger partial charge in [0.1, 0.15) is 23.6 Å². The molecule has 1 aliphatic rings. The maximum Gasteiger partial charge on any atom is 0.410 e. The average Bonchev–Trinajstić information content (AvgIpc) is 2.80. The van der Waals surface area contributed by atoms with Crippen molar-refractivity contribution in [2.45, 2.75) is 85.0 Å². The van der Waals surface area contributed by atoms with E-state index >= 15 is 0 Å². The molecule has 2 heterocycles. The Hall–Kier alpha value is -3.36. The number of hydrogen-bond donors (Lipinski definition) is 1. The molecule has 37 heavy (non-hydrogen) atoms. The summed E-state index contributed by atoms with van der Waals surface area (Å²) in [6.45, 7) is 12.2. The molecule has 1 aliphatic heterocycles. The molecule has 1 aromatic heterocycles. The average molecular weight is 514 g/mol. The van der Waals surface area contributed by atoms with Crippen LogP contribution < -0.4 is 10.3 Å². The third kappa shape index (κ3) is 8.91. The number of rotatable bonds is 7. The molecule has 9 nitrogen and oxygen atoms in total. The van der Waals surface area contributed by atoms with Crippen LogP contribution in [0.25, 0.3) is 0 Å². The fourth-order valence-corrected chi connectivity index (χ4v) is 4.03. The number of carbonyl (C=O) groups excluding carboxylic acids is 2. The van der Waals surface area contributed by atoms with Gasteiger partial charge in [0.25, 0.3) is 5.56 Å². The van der Waals surface area contributed by atoms with Gasteiger partial charge in [-0.1, -0.05) is 30.3 Å². The second kappa shape index (κ2) is 11.8. The molecule has 1 N–H and O–H groups in total. The molecule has 0 saturated carbocycles. The Labute approximate surface area is 218 Å². The van der Waals surface area contributed by atoms with Crippen molar-refractivity contribution in [2.24, 2.45) is 5.92 Å². The highest BCUT2D eigenvalue weighted by Gasteiger charge is 2.28. The Balaban J connectivity index is 1.68. The quantitative estimate of drug-likeness (QED) is 0.525. The molecule has 1 saturated heterocycles. The van der Waals surface area contributed by atoms with Crippen LogP contribution in [-0.2, 0) is 22.5 Å². The highest BCUT2D eigenvalue weighted by Crippen LogP contribution is 2.24. The number of ether oxygens (including phenoxy) is 3. The number of esters is 1. The maximum absolute atomic E-state index is 12.9. The summed E-state index contributed by atoms with van der Waals surface area (Å²) >= 11 is 0. The smallest absolute Gasteiger partial charge is 0.410 e. The lowest BCUT2D eigenvalue weighted by atomic mass is 9.92. The van der Waals surface area contributed by atoms with Gasteiger partial charge in [-0.05, 0) is 72.3 Å². The lowest BCUT2D eigenvalue weighted by molar-refractivity contribution is 0.00565. The van der Waals surface area contributed by atoms with E-state index in [1.807, 2.05) is 51.1 Å². The standard InChI is InChI=1S/C28H39N3O6/c1-27(2,3)36-25(33)22-23(35-18-20-10-8-7-9-11-20)24(32)30-21(29-22)13-12-19-14-16-31(17-15-19)26(34)37-28(4,5)6/h7-11,19H,12-18H2,1-6H3,(H,29,30,32). The molecule has 2 aromatic rings. The number of piperidine rings is 1. The fourth-order valence-electron chi connectivity index (χ4n) is 4.03. The molecule has 0 spiro atoms. The van der Waals surface area contributed by atoms with Gasteiger partial charge in [-0.2, -0.15) is 0 Å². The van der Waals surface area contributed by atoms with Gasteiger partial charge in [-0.25, -0.2) is 14.6 Å². The van der Waals surface area contributed by atoms with Crippen LogP contribution in [-0.4, -0.2) is 51.2 Å². The lowest BCUT2D eigenvalue weighted by Gasteiger charge is -2.33. The molecular formula is C28H39N3O6. The van der Waals surface area contributed by atoms with E-state index in [0.29, 0.717) is 31.3 Å². The van der Waals surface area contributed by atoms with Crippen molar-refractivity contribution >= 4 is 12.1 Å². The summed E-state index contributed by atoms with van der Waals surface area (Å²) in [5.74, 6) is -0.0726. The highest BCUT2D eigenvalue weighted by molar-refractivity contribution is 5.90. The number of nitrogens with zero attached hydrogens (tertiary/aromatic N) is 2. The first-order chi connectivity index (χ1) is 17.3. The number of likely N-dealkylation sites (tertiary alicyclic amines) is 1.